The summed E-state index contributed by atoms with van der Waals surface area (Å²) < 4.78 is 48.0. The van der Waals surface area contributed by atoms with E-state index in [-0.39, 0.29) is 25.0 Å². The van der Waals surface area contributed by atoms with Crippen LogP contribution in [0.2, 0.25) is 0 Å². The third kappa shape index (κ3) is 3.10. The van der Waals surface area contributed by atoms with Crippen LogP contribution < -0.4 is 0 Å². The van der Waals surface area contributed by atoms with Gasteiger partial charge in [-0.3, -0.25) is 4.79 Å². The van der Waals surface area contributed by atoms with Crippen LogP contribution >= 0.6 is 0 Å². The molecule has 0 radical (unpaired) electrons. The first-order chi connectivity index (χ1) is 22.5. The van der Waals surface area contributed by atoms with Crippen LogP contribution in [0.25, 0.3) is 0 Å². The van der Waals surface area contributed by atoms with Gasteiger partial charge in [0.05, 0.1) is 58.1 Å². The first kappa shape index (κ1) is 32.6. The fraction of sp³-hybridized carbons (Fsp3) is 0.788. The maximum absolute atomic E-state index is 13.9. The minimum atomic E-state index is -2.79. The fourth-order valence-corrected chi connectivity index (χ4v) is 11.9. The first-order valence-electron chi connectivity index (χ1n) is 16.3. The number of allylic oxidation sites excluding steroid dienone is 1. The van der Waals surface area contributed by atoms with Crippen molar-refractivity contribution in [1.82, 2.24) is 0 Å². The summed E-state index contributed by atoms with van der Waals surface area (Å²) in [5.41, 5.74) is -10.4. The summed E-state index contributed by atoms with van der Waals surface area (Å²) in [6, 6.07) is 0. The summed E-state index contributed by atoms with van der Waals surface area (Å²) in [5.74, 6) is -8.98. The van der Waals surface area contributed by atoms with Crippen LogP contribution in [0.4, 0.5) is 0 Å². The highest BCUT2D eigenvalue weighted by molar-refractivity contribution is 5.88. The summed E-state index contributed by atoms with van der Waals surface area (Å²) in [6.45, 7) is 5.69. The molecule has 4 saturated heterocycles. The smallest absolute Gasteiger partial charge is 0.366 e. The molecule has 0 aromatic carbocycles. The molecule has 1 spiro atoms. The summed E-state index contributed by atoms with van der Waals surface area (Å²) in [7, 11) is 2.25. The Morgan fingerprint density at radius 2 is 1.73 bits per heavy atom. The second-order valence-electron chi connectivity index (χ2n) is 15.2. The standard InChI is InChI=1S/C33H42O15/c1-7-14(2)22(35)46-17-11-16(34)29(24(36)41-5)12-44-19-20(29)30(17)13-45-32(39,25(37)42-6)23(30)27(3)21(19)48-28(4)15-10-18(33(27,28)40)47-26-31(15,38)8-9-43-26/h7-9,15-21,23,26,34,38-40H,10-13H2,1-6H3/b14-7+/t15?,16-,17+,18?,19-,20+,21-,23+,26?,27+,28-,29+,30+,31?,32+,33+/m1/s1. The summed E-state index contributed by atoms with van der Waals surface area (Å²) in [6.07, 6.45) is -3.12. The van der Waals surface area contributed by atoms with Crippen molar-refractivity contribution in [2.45, 2.75) is 99.9 Å². The third-order valence-corrected chi connectivity index (χ3v) is 13.9. The molecule has 15 heteroatoms. The van der Waals surface area contributed by atoms with Crippen LogP contribution in [0, 0.1) is 34.0 Å². The lowest BCUT2D eigenvalue weighted by molar-refractivity contribution is -0.314. The van der Waals surface area contributed by atoms with E-state index in [1.807, 2.05) is 0 Å². The number of hydrogen-bond acceptors (Lipinski definition) is 15. The van der Waals surface area contributed by atoms with Gasteiger partial charge in [-0.25, -0.2) is 9.59 Å². The Kier molecular flexibility index (Phi) is 6.50. The van der Waals surface area contributed by atoms with Crippen molar-refractivity contribution in [3.63, 3.8) is 0 Å². The van der Waals surface area contributed by atoms with Gasteiger partial charge < -0.3 is 58.3 Å². The molecule has 3 aliphatic carbocycles. The predicted octanol–water partition coefficient (Wildman–Crippen LogP) is -0.774. The molecule has 5 heterocycles. The average Bonchev–Trinajstić information content (AvgIpc) is 3.82. The van der Waals surface area contributed by atoms with Gasteiger partial charge in [-0.15, -0.1) is 0 Å². The minimum absolute atomic E-state index is 0.117. The number of hydrogen-bond donors (Lipinski definition) is 4. The number of ether oxygens (including phenoxy) is 8. The zero-order chi connectivity index (χ0) is 34.6. The van der Waals surface area contributed by atoms with Gasteiger partial charge in [0.2, 0.25) is 6.29 Å². The number of rotatable bonds is 4. The van der Waals surface area contributed by atoms with Crippen molar-refractivity contribution >= 4 is 17.9 Å². The Morgan fingerprint density at radius 1 is 1.02 bits per heavy atom. The zero-order valence-corrected chi connectivity index (χ0v) is 27.5. The lowest BCUT2D eigenvalue weighted by Gasteiger charge is -2.65. The van der Waals surface area contributed by atoms with E-state index in [1.54, 1.807) is 33.8 Å². The minimum Gasteiger partial charge on any atom is -0.469 e. The molecule has 16 atom stereocenters. The van der Waals surface area contributed by atoms with Crippen LogP contribution in [-0.4, -0.2) is 125 Å². The summed E-state index contributed by atoms with van der Waals surface area (Å²) in [4.78, 5) is 41.2. The van der Waals surface area contributed by atoms with Gasteiger partial charge in [-0.1, -0.05) is 13.0 Å². The molecule has 264 valence electrons. The first-order valence-corrected chi connectivity index (χ1v) is 16.3. The summed E-state index contributed by atoms with van der Waals surface area (Å²) >= 11 is 0. The Bertz CT molecular complexity index is 1550. The molecule has 15 nitrogen and oxygen atoms in total. The highest BCUT2D eigenvalue weighted by Crippen LogP contribution is 2.80. The second-order valence-corrected chi connectivity index (χ2v) is 15.2. The molecule has 8 rings (SSSR count). The lowest BCUT2D eigenvalue weighted by atomic mass is 9.37. The molecule has 0 aromatic rings. The molecule has 3 saturated carbocycles. The van der Waals surface area contributed by atoms with Crippen LogP contribution in [0.1, 0.15) is 40.5 Å². The van der Waals surface area contributed by atoms with Crippen LogP contribution in [0.3, 0.4) is 0 Å². The second kappa shape index (κ2) is 9.57. The summed E-state index contributed by atoms with van der Waals surface area (Å²) in [5, 5.41) is 49.8. The van der Waals surface area contributed by atoms with Gasteiger partial charge in [0, 0.05) is 40.6 Å². The highest BCUT2D eigenvalue weighted by atomic mass is 16.7. The molecule has 2 bridgehead atoms. The number of carbonyl (C=O) groups is 3. The van der Waals surface area contributed by atoms with Gasteiger partial charge in [0.15, 0.2) is 5.60 Å². The predicted molar refractivity (Wildman–Crippen MR) is 155 cm³/mol. The van der Waals surface area contributed by atoms with E-state index >= 15 is 0 Å². The van der Waals surface area contributed by atoms with E-state index in [4.69, 9.17) is 37.9 Å². The molecule has 0 amide bonds. The molecular formula is C33H42O15. The molecule has 4 N–H and O–H groups in total. The Labute approximate surface area is 276 Å². The molecule has 4 unspecified atom stereocenters. The zero-order valence-electron chi connectivity index (χ0n) is 27.5. The topological polar surface area (TPSA) is 206 Å². The number of esters is 3. The van der Waals surface area contributed by atoms with Crippen molar-refractivity contribution in [2.24, 2.45) is 34.0 Å². The van der Waals surface area contributed by atoms with Crippen molar-refractivity contribution in [3.8, 4) is 0 Å². The van der Waals surface area contributed by atoms with Gasteiger partial charge in [0.25, 0.3) is 5.79 Å². The van der Waals surface area contributed by atoms with E-state index in [0.717, 1.165) is 7.11 Å². The Balaban J connectivity index is 1.41. The lowest BCUT2D eigenvalue weighted by Crippen LogP contribution is -2.79. The highest BCUT2D eigenvalue weighted by Gasteiger charge is 2.94. The van der Waals surface area contributed by atoms with Crippen LogP contribution in [0.5, 0.6) is 0 Å². The molecule has 8 aliphatic rings. The average molecular weight is 679 g/mol. The molecule has 7 fully saturated rings. The van der Waals surface area contributed by atoms with Gasteiger partial charge in [-0.05, 0) is 33.3 Å². The molecule has 48 heavy (non-hydrogen) atoms. The van der Waals surface area contributed by atoms with E-state index in [2.05, 4.69) is 0 Å². The largest absolute Gasteiger partial charge is 0.469 e. The molecule has 5 aliphatic heterocycles. The Morgan fingerprint density at radius 3 is 2.40 bits per heavy atom. The number of aliphatic hydroxyl groups is 4. The van der Waals surface area contributed by atoms with E-state index < -0.39 is 118 Å². The Hall–Kier alpha value is -2.63. The molecular weight excluding hydrogens is 636 g/mol. The maximum atomic E-state index is 13.9. The van der Waals surface area contributed by atoms with Crippen LogP contribution in [0.15, 0.2) is 24.0 Å². The van der Waals surface area contributed by atoms with Gasteiger partial charge in [-0.2, -0.15) is 0 Å². The van der Waals surface area contributed by atoms with Gasteiger partial charge in [0.1, 0.15) is 22.7 Å². The van der Waals surface area contributed by atoms with Crippen LogP contribution in [-0.2, 0) is 52.3 Å². The molecule has 0 aromatic heterocycles. The van der Waals surface area contributed by atoms with Crippen molar-refractivity contribution < 1.29 is 72.7 Å². The number of aliphatic hydroxyl groups excluding tert-OH is 1. The van der Waals surface area contributed by atoms with Crippen molar-refractivity contribution in [2.75, 3.05) is 27.4 Å². The normalized spacial score (nSPS) is 56.7. The third-order valence-electron chi connectivity index (χ3n) is 13.9. The number of fused-ring (bicyclic) bond motifs is 11. The number of carbonyl (C=O) groups excluding carboxylic acids is 3. The van der Waals surface area contributed by atoms with Crippen molar-refractivity contribution in [3.05, 3.63) is 24.0 Å². The number of methoxy groups -OCH3 is 2. The van der Waals surface area contributed by atoms with Crippen molar-refractivity contribution in [1.29, 1.82) is 0 Å². The van der Waals surface area contributed by atoms with Gasteiger partial charge >= 0.3 is 17.9 Å². The fourth-order valence-electron chi connectivity index (χ4n) is 11.9. The quantitative estimate of drug-likeness (QED) is 0.164. The SMILES string of the molecule is C/C=C(\C)C(=O)O[C@H]1C[C@@H](O)[C@@]2(C(=O)OC)CO[C@H]3[C@H]4O[C@]5(C)C6CC(OC7OC=CC76O)[C@]5(O)[C@]4(C)[C@H]4[C@]1(CO[C@]4(O)C(=O)OC)[C@@H]32. The van der Waals surface area contributed by atoms with E-state index in [0.29, 0.717) is 0 Å². The van der Waals surface area contributed by atoms with E-state index in [1.165, 1.54) is 19.4 Å². The van der Waals surface area contributed by atoms with E-state index in [9.17, 15) is 34.8 Å². The monoisotopic (exact) mass is 678 g/mol. The maximum Gasteiger partial charge on any atom is 0.366 e.